The fraction of sp³-hybridized carbons (Fsp3) is 0.450. The number of benzene rings is 1. The van der Waals surface area contributed by atoms with Gasteiger partial charge >= 0.3 is 0 Å². The second-order valence-electron chi connectivity index (χ2n) is 7.52. The van der Waals surface area contributed by atoms with Crippen molar-refractivity contribution in [2.75, 3.05) is 37.7 Å². The van der Waals surface area contributed by atoms with Crippen molar-refractivity contribution >= 4 is 22.9 Å². The monoisotopic (exact) mass is 393 g/mol. The highest BCUT2D eigenvalue weighted by Crippen LogP contribution is 2.24. The number of hydrogen-bond donors (Lipinski definition) is 0. The number of aryl methyl sites for hydroxylation is 1. The molecule has 2 aliphatic heterocycles. The van der Waals surface area contributed by atoms with Crippen molar-refractivity contribution in [3.05, 3.63) is 36.2 Å². The SMILES string of the molecule is Cc1ccc(-n2nnc3c(N4CCN(C(=O)C5CCCO5)CC4)ncnc32)cc1. The Morgan fingerprint density at radius 2 is 1.90 bits per heavy atom. The first-order valence-corrected chi connectivity index (χ1v) is 9.99. The van der Waals surface area contributed by atoms with Crippen LogP contribution in [0.1, 0.15) is 18.4 Å². The van der Waals surface area contributed by atoms with Gasteiger partial charge in [-0.3, -0.25) is 4.79 Å². The van der Waals surface area contributed by atoms with Crippen LogP contribution in [0.4, 0.5) is 5.82 Å². The second kappa shape index (κ2) is 7.40. The summed E-state index contributed by atoms with van der Waals surface area (Å²) in [5, 5.41) is 8.66. The van der Waals surface area contributed by atoms with Crippen molar-refractivity contribution in [2.24, 2.45) is 0 Å². The lowest BCUT2D eigenvalue weighted by molar-refractivity contribution is -0.141. The molecular weight excluding hydrogens is 370 g/mol. The van der Waals surface area contributed by atoms with Gasteiger partial charge in [-0.25, -0.2) is 9.97 Å². The Labute approximate surface area is 168 Å². The minimum atomic E-state index is -0.262. The van der Waals surface area contributed by atoms with Gasteiger partial charge in [0.2, 0.25) is 0 Å². The summed E-state index contributed by atoms with van der Waals surface area (Å²) in [4.78, 5) is 25.5. The minimum absolute atomic E-state index is 0.111. The van der Waals surface area contributed by atoms with Gasteiger partial charge in [0.25, 0.3) is 5.91 Å². The number of hydrogen-bond acceptors (Lipinski definition) is 7. The summed E-state index contributed by atoms with van der Waals surface area (Å²) in [5.41, 5.74) is 3.45. The Hall–Kier alpha value is -3.07. The van der Waals surface area contributed by atoms with Crippen LogP contribution in [-0.2, 0) is 9.53 Å². The van der Waals surface area contributed by atoms with Crippen molar-refractivity contribution in [1.29, 1.82) is 0 Å². The number of aromatic nitrogens is 5. The van der Waals surface area contributed by atoms with Gasteiger partial charge in [0.1, 0.15) is 12.4 Å². The van der Waals surface area contributed by atoms with E-state index in [0.717, 1.165) is 24.3 Å². The molecule has 0 spiro atoms. The van der Waals surface area contributed by atoms with E-state index in [2.05, 4.69) is 25.2 Å². The maximum Gasteiger partial charge on any atom is 0.251 e. The number of rotatable bonds is 3. The molecule has 150 valence electrons. The van der Waals surface area contributed by atoms with E-state index in [1.54, 1.807) is 11.0 Å². The van der Waals surface area contributed by atoms with E-state index < -0.39 is 0 Å². The van der Waals surface area contributed by atoms with Crippen LogP contribution in [0.25, 0.3) is 16.9 Å². The van der Waals surface area contributed by atoms with Crippen molar-refractivity contribution < 1.29 is 9.53 Å². The molecule has 9 nitrogen and oxygen atoms in total. The second-order valence-corrected chi connectivity index (χ2v) is 7.52. The largest absolute Gasteiger partial charge is 0.368 e. The van der Waals surface area contributed by atoms with Gasteiger partial charge in [0.05, 0.1) is 5.69 Å². The molecule has 0 N–H and O–H groups in total. The van der Waals surface area contributed by atoms with E-state index in [9.17, 15) is 4.79 Å². The number of amides is 1. The van der Waals surface area contributed by atoms with Gasteiger partial charge in [0.15, 0.2) is 17.0 Å². The van der Waals surface area contributed by atoms with E-state index in [-0.39, 0.29) is 12.0 Å². The number of piperazine rings is 1. The van der Waals surface area contributed by atoms with Crippen LogP contribution < -0.4 is 4.90 Å². The number of carbonyl (C=O) groups is 1. The molecule has 9 heteroatoms. The number of carbonyl (C=O) groups excluding carboxylic acids is 1. The van der Waals surface area contributed by atoms with E-state index in [4.69, 9.17) is 4.74 Å². The first-order chi connectivity index (χ1) is 14.2. The molecule has 0 bridgehead atoms. The lowest BCUT2D eigenvalue weighted by atomic mass is 10.2. The molecule has 3 aromatic rings. The van der Waals surface area contributed by atoms with Crippen LogP contribution in [0.5, 0.6) is 0 Å². The van der Waals surface area contributed by atoms with Crippen molar-refractivity contribution in [3.8, 4) is 5.69 Å². The number of ether oxygens (including phenoxy) is 1. The van der Waals surface area contributed by atoms with Gasteiger partial charge in [-0.1, -0.05) is 22.9 Å². The molecule has 2 aromatic heterocycles. The fourth-order valence-electron chi connectivity index (χ4n) is 3.94. The Morgan fingerprint density at radius 1 is 1.10 bits per heavy atom. The van der Waals surface area contributed by atoms with Crippen LogP contribution in [0.15, 0.2) is 30.6 Å². The number of anilines is 1. The third kappa shape index (κ3) is 3.31. The molecule has 29 heavy (non-hydrogen) atoms. The fourth-order valence-corrected chi connectivity index (χ4v) is 3.94. The first kappa shape index (κ1) is 18.0. The van der Waals surface area contributed by atoms with Gasteiger partial charge < -0.3 is 14.5 Å². The molecule has 2 fully saturated rings. The zero-order chi connectivity index (χ0) is 19.8. The smallest absolute Gasteiger partial charge is 0.251 e. The van der Waals surface area contributed by atoms with Gasteiger partial charge in [-0.2, -0.15) is 4.68 Å². The Balaban J connectivity index is 1.36. The quantitative estimate of drug-likeness (QED) is 0.663. The van der Waals surface area contributed by atoms with Gasteiger partial charge in [0, 0.05) is 32.8 Å². The van der Waals surface area contributed by atoms with E-state index in [1.807, 2.05) is 36.1 Å². The van der Waals surface area contributed by atoms with Crippen LogP contribution in [0.3, 0.4) is 0 Å². The van der Waals surface area contributed by atoms with Crippen LogP contribution >= 0.6 is 0 Å². The molecule has 1 atom stereocenters. The highest BCUT2D eigenvalue weighted by Gasteiger charge is 2.31. The Bertz CT molecular complexity index is 1020. The third-order valence-electron chi connectivity index (χ3n) is 5.59. The van der Waals surface area contributed by atoms with Crippen molar-refractivity contribution in [3.63, 3.8) is 0 Å². The van der Waals surface area contributed by atoms with Gasteiger partial charge in [-0.15, -0.1) is 5.10 Å². The van der Waals surface area contributed by atoms with Crippen LogP contribution in [0.2, 0.25) is 0 Å². The number of fused-ring (bicyclic) bond motifs is 1. The predicted molar refractivity (Wildman–Crippen MR) is 107 cm³/mol. The van der Waals surface area contributed by atoms with Crippen LogP contribution in [0, 0.1) is 6.92 Å². The number of nitrogens with zero attached hydrogens (tertiary/aromatic N) is 7. The molecule has 5 rings (SSSR count). The zero-order valence-electron chi connectivity index (χ0n) is 16.4. The molecular formula is C20H23N7O2. The minimum Gasteiger partial charge on any atom is -0.368 e. The molecule has 1 unspecified atom stereocenters. The average Bonchev–Trinajstić information content (AvgIpc) is 3.44. The first-order valence-electron chi connectivity index (χ1n) is 9.99. The summed E-state index contributed by atoms with van der Waals surface area (Å²) in [6.07, 6.45) is 3.08. The molecule has 0 aliphatic carbocycles. The molecule has 0 radical (unpaired) electrons. The summed E-state index contributed by atoms with van der Waals surface area (Å²) in [5.74, 6) is 0.873. The summed E-state index contributed by atoms with van der Waals surface area (Å²) in [6.45, 7) is 5.43. The van der Waals surface area contributed by atoms with Crippen LogP contribution in [-0.4, -0.2) is 74.7 Å². The maximum absolute atomic E-state index is 12.6. The molecule has 1 aromatic carbocycles. The normalized spacial score (nSPS) is 19.8. The Kier molecular flexibility index (Phi) is 4.59. The van der Waals surface area contributed by atoms with Gasteiger partial charge in [-0.05, 0) is 31.9 Å². The molecule has 2 saturated heterocycles. The summed E-state index contributed by atoms with van der Waals surface area (Å²) >= 11 is 0. The molecule has 4 heterocycles. The molecule has 0 saturated carbocycles. The van der Waals surface area contributed by atoms with E-state index in [1.165, 1.54) is 5.56 Å². The highest BCUT2D eigenvalue weighted by atomic mass is 16.5. The summed E-state index contributed by atoms with van der Waals surface area (Å²) in [7, 11) is 0. The lowest BCUT2D eigenvalue weighted by Crippen LogP contribution is -2.51. The maximum atomic E-state index is 12.6. The highest BCUT2D eigenvalue weighted by molar-refractivity contribution is 5.84. The van der Waals surface area contributed by atoms with Crippen molar-refractivity contribution in [1.82, 2.24) is 29.9 Å². The summed E-state index contributed by atoms with van der Waals surface area (Å²) < 4.78 is 7.28. The summed E-state index contributed by atoms with van der Waals surface area (Å²) in [6, 6.07) is 8.08. The Morgan fingerprint density at radius 3 is 2.62 bits per heavy atom. The van der Waals surface area contributed by atoms with E-state index in [0.29, 0.717) is 43.9 Å². The van der Waals surface area contributed by atoms with Crippen molar-refractivity contribution in [2.45, 2.75) is 25.9 Å². The zero-order valence-corrected chi connectivity index (χ0v) is 16.4. The van der Waals surface area contributed by atoms with E-state index >= 15 is 0 Å². The average molecular weight is 393 g/mol. The molecule has 1 amide bonds. The molecule has 2 aliphatic rings. The topological polar surface area (TPSA) is 89.3 Å². The predicted octanol–water partition coefficient (Wildman–Crippen LogP) is 1.35. The standard InChI is InChI=1S/C20H23N7O2/c1-14-4-6-15(7-5-14)27-19-17(23-24-27)18(21-13-22-19)25-8-10-26(11-9-25)20(28)16-3-2-12-29-16/h4-7,13,16H,2-3,8-12H2,1H3. The lowest BCUT2D eigenvalue weighted by Gasteiger charge is -2.36. The third-order valence-corrected chi connectivity index (χ3v) is 5.59.